The summed E-state index contributed by atoms with van der Waals surface area (Å²) < 4.78 is 5.63. The van der Waals surface area contributed by atoms with Gasteiger partial charge in [0.15, 0.2) is 5.78 Å². The molecule has 1 aliphatic rings. The predicted octanol–water partition coefficient (Wildman–Crippen LogP) is 4.40. The van der Waals surface area contributed by atoms with Crippen LogP contribution in [-0.4, -0.2) is 11.8 Å². The predicted molar refractivity (Wildman–Crippen MR) is 103 cm³/mol. The average Bonchev–Trinajstić information content (AvgIpc) is 3.01. The second-order valence-corrected chi connectivity index (χ2v) is 6.97. The van der Waals surface area contributed by atoms with Crippen LogP contribution in [-0.2, 0) is 29.0 Å². The second kappa shape index (κ2) is 7.20. The summed E-state index contributed by atoms with van der Waals surface area (Å²) in [6, 6.07) is 26.7. The molecule has 0 saturated heterocycles. The van der Waals surface area contributed by atoms with E-state index in [-0.39, 0.29) is 12.4 Å². The Labute approximate surface area is 158 Å². The van der Waals surface area contributed by atoms with Crippen molar-refractivity contribution >= 4 is 11.8 Å². The number of benzene rings is 3. The second-order valence-electron chi connectivity index (χ2n) is 6.97. The van der Waals surface area contributed by atoms with Crippen molar-refractivity contribution in [2.24, 2.45) is 5.41 Å². The largest absolute Gasteiger partial charge is 0.460 e. The Hall–Kier alpha value is -3.20. The van der Waals surface area contributed by atoms with Crippen molar-refractivity contribution in [3.8, 4) is 0 Å². The Balaban J connectivity index is 1.65. The summed E-state index contributed by atoms with van der Waals surface area (Å²) in [6.45, 7) is 0.167. The topological polar surface area (TPSA) is 43.4 Å². The van der Waals surface area contributed by atoms with Crippen LogP contribution in [0.5, 0.6) is 0 Å². The number of esters is 1. The lowest BCUT2D eigenvalue weighted by atomic mass is 9.78. The van der Waals surface area contributed by atoms with Gasteiger partial charge in [-0.3, -0.25) is 9.59 Å². The Morgan fingerprint density at radius 2 is 1.41 bits per heavy atom. The average molecular weight is 356 g/mol. The zero-order valence-corrected chi connectivity index (χ0v) is 14.9. The van der Waals surface area contributed by atoms with E-state index in [9.17, 15) is 9.59 Å². The Bertz CT molecular complexity index is 963. The molecule has 3 aromatic carbocycles. The molecule has 0 saturated carbocycles. The lowest BCUT2D eigenvalue weighted by molar-refractivity contribution is -0.154. The van der Waals surface area contributed by atoms with Crippen LogP contribution in [0, 0.1) is 5.41 Å². The Kier molecular flexibility index (Phi) is 4.59. The van der Waals surface area contributed by atoms with Crippen molar-refractivity contribution in [3.63, 3.8) is 0 Å². The summed E-state index contributed by atoms with van der Waals surface area (Å²) in [6.07, 6.45) is 0.722. The van der Waals surface area contributed by atoms with Gasteiger partial charge in [-0.15, -0.1) is 0 Å². The van der Waals surface area contributed by atoms with E-state index in [1.807, 2.05) is 78.9 Å². The standard InChI is InChI=1S/C24H20O3/c25-22-21-14-8-7-13-20(21)16-24(22,15-18-9-3-1-4-10-18)23(26)27-17-19-11-5-2-6-12-19/h1-14H,15-17H2/t24-/m1/s1. The molecule has 0 spiro atoms. The third-order valence-electron chi connectivity index (χ3n) is 5.14. The normalized spacial score (nSPS) is 18.1. The molecule has 0 bridgehead atoms. The minimum Gasteiger partial charge on any atom is -0.460 e. The molecule has 1 atom stereocenters. The number of rotatable bonds is 5. The van der Waals surface area contributed by atoms with Crippen molar-refractivity contribution < 1.29 is 14.3 Å². The van der Waals surface area contributed by atoms with Crippen LogP contribution < -0.4 is 0 Å². The smallest absolute Gasteiger partial charge is 0.321 e. The lowest BCUT2D eigenvalue weighted by Gasteiger charge is -2.25. The Morgan fingerprint density at radius 3 is 2.07 bits per heavy atom. The molecule has 0 unspecified atom stereocenters. The van der Waals surface area contributed by atoms with Gasteiger partial charge in [-0.25, -0.2) is 0 Å². The summed E-state index contributed by atoms with van der Waals surface area (Å²) in [5, 5.41) is 0. The van der Waals surface area contributed by atoms with Gasteiger partial charge in [0.1, 0.15) is 12.0 Å². The van der Waals surface area contributed by atoms with Gasteiger partial charge in [0.05, 0.1) is 0 Å². The molecule has 0 heterocycles. The van der Waals surface area contributed by atoms with Crippen molar-refractivity contribution in [1.29, 1.82) is 0 Å². The van der Waals surface area contributed by atoms with Gasteiger partial charge >= 0.3 is 5.97 Å². The summed E-state index contributed by atoms with van der Waals surface area (Å²) >= 11 is 0. The van der Waals surface area contributed by atoms with Crippen molar-refractivity contribution in [1.82, 2.24) is 0 Å². The molecule has 134 valence electrons. The highest BCUT2D eigenvalue weighted by molar-refractivity contribution is 6.16. The first-order valence-corrected chi connectivity index (χ1v) is 9.07. The Morgan fingerprint density at radius 1 is 0.815 bits per heavy atom. The van der Waals surface area contributed by atoms with Crippen LogP contribution in [0.3, 0.4) is 0 Å². The lowest BCUT2D eigenvalue weighted by Crippen LogP contribution is -2.40. The maximum Gasteiger partial charge on any atom is 0.321 e. The summed E-state index contributed by atoms with van der Waals surface area (Å²) in [4.78, 5) is 26.5. The minimum absolute atomic E-state index is 0.139. The van der Waals surface area contributed by atoms with E-state index < -0.39 is 11.4 Å². The van der Waals surface area contributed by atoms with Crippen LogP contribution in [0.4, 0.5) is 0 Å². The molecule has 3 aromatic rings. The quantitative estimate of drug-likeness (QED) is 0.503. The summed E-state index contributed by atoms with van der Waals surface area (Å²) in [5.41, 5.74) is 2.21. The van der Waals surface area contributed by atoms with Crippen LogP contribution >= 0.6 is 0 Å². The molecule has 0 aliphatic heterocycles. The van der Waals surface area contributed by atoms with Gasteiger partial charge in [-0.2, -0.15) is 0 Å². The van der Waals surface area contributed by atoms with Crippen molar-refractivity contribution in [3.05, 3.63) is 107 Å². The van der Waals surface area contributed by atoms with E-state index in [1.54, 1.807) is 6.07 Å². The van der Waals surface area contributed by atoms with Gasteiger partial charge in [0.25, 0.3) is 0 Å². The highest BCUT2D eigenvalue weighted by Gasteiger charge is 2.52. The molecular formula is C24H20O3. The van der Waals surface area contributed by atoms with Crippen molar-refractivity contribution in [2.45, 2.75) is 19.4 Å². The van der Waals surface area contributed by atoms with Gasteiger partial charge < -0.3 is 4.74 Å². The number of Topliss-reactive ketones (excluding diaryl/α,β-unsaturated/α-hetero) is 1. The van der Waals surface area contributed by atoms with Gasteiger partial charge in [0, 0.05) is 5.56 Å². The highest BCUT2D eigenvalue weighted by atomic mass is 16.5. The van der Waals surface area contributed by atoms with Crippen LogP contribution in [0.15, 0.2) is 84.9 Å². The van der Waals surface area contributed by atoms with Crippen LogP contribution in [0.2, 0.25) is 0 Å². The molecule has 3 nitrogen and oxygen atoms in total. The SMILES string of the molecule is O=C(OCc1ccccc1)[C@]1(Cc2ccccc2)Cc2ccccc2C1=O. The van der Waals surface area contributed by atoms with E-state index >= 15 is 0 Å². The molecule has 0 aromatic heterocycles. The number of carbonyl (C=O) groups is 2. The number of hydrogen-bond donors (Lipinski definition) is 0. The monoisotopic (exact) mass is 356 g/mol. The fraction of sp³-hybridized carbons (Fsp3) is 0.167. The molecule has 4 rings (SSSR count). The third-order valence-corrected chi connectivity index (χ3v) is 5.14. The first kappa shape index (κ1) is 17.2. The van der Waals surface area contributed by atoms with Crippen LogP contribution in [0.1, 0.15) is 27.0 Å². The fourth-order valence-corrected chi connectivity index (χ4v) is 3.74. The zero-order valence-electron chi connectivity index (χ0n) is 14.9. The zero-order chi connectivity index (χ0) is 18.7. The van der Waals surface area contributed by atoms with E-state index in [1.165, 1.54) is 0 Å². The molecule has 0 fully saturated rings. The molecule has 1 aliphatic carbocycles. The van der Waals surface area contributed by atoms with E-state index in [0.717, 1.165) is 16.7 Å². The molecule has 0 amide bonds. The fourth-order valence-electron chi connectivity index (χ4n) is 3.74. The summed E-state index contributed by atoms with van der Waals surface area (Å²) in [7, 11) is 0. The first-order valence-electron chi connectivity index (χ1n) is 9.07. The number of hydrogen-bond acceptors (Lipinski definition) is 3. The maximum absolute atomic E-state index is 13.3. The summed E-state index contributed by atoms with van der Waals surface area (Å²) in [5.74, 6) is -0.587. The van der Waals surface area contributed by atoms with E-state index in [0.29, 0.717) is 18.4 Å². The molecule has 3 heteroatoms. The first-order chi connectivity index (χ1) is 13.2. The van der Waals surface area contributed by atoms with Gasteiger partial charge in [0.2, 0.25) is 0 Å². The molecular weight excluding hydrogens is 336 g/mol. The van der Waals surface area contributed by atoms with Crippen molar-refractivity contribution in [2.75, 3.05) is 0 Å². The number of ether oxygens (including phenoxy) is 1. The molecule has 0 radical (unpaired) electrons. The molecule has 0 N–H and O–H groups in total. The maximum atomic E-state index is 13.3. The van der Waals surface area contributed by atoms with E-state index in [2.05, 4.69) is 0 Å². The third kappa shape index (κ3) is 3.28. The number of fused-ring (bicyclic) bond motifs is 1. The van der Waals surface area contributed by atoms with Gasteiger partial charge in [-0.1, -0.05) is 84.9 Å². The van der Waals surface area contributed by atoms with Gasteiger partial charge in [-0.05, 0) is 29.5 Å². The highest BCUT2D eigenvalue weighted by Crippen LogP contribution is 2.41. The number of carbonyl (C=O) groups excluding carboxylic acids is 2. The minimum atomic E-state index is -1.19. The molecule has 27 heavy (non-hydrogen) atoms. The van der Waals surface area contributed by atoms with E-state index in [4.69, 9.17) is 4.74 Å². The number of ketones is 1. The van der Waals surface area contributed by atoms with Crippen LogP contribution in [0.25, 0.3) is 0 Å².